The fourth-order valence-electron chi connectivity index (χ4n) is 12.8. The minimum atomic E-state index is -1.16. The molecule has 5 aliphatic carbocycles. The van der Waals surface area contributed by atoms with Crippen molar-refractivity contribution in [3.8, 4) is 0 Å². The zero-order valence-corrected chi connectivity index (χ0v) is 32.7. The minimum Gasteiger partial charge on any atom is -0.481 e. The van der Waals surface area contributed by atoms with Gasteiger partial charge in [0.05, 0.1) is 17.4 Å². The molecule has 9 heteroatoms. The highest BCUT2D eigenvalue weighted by molar-refractivity contribution is 5.92. The number of urea groups is 1. The van der Waals surface area contributed by atoms with Gasteiger partial charge in [-0.2, -0.15) is 0 Å². The third-order valence-electron chi connectivity index (χ3n) is 15.9. The molecule has 0 bridgehead atoms. The topological polar surface area (TPSA) is 116 Å². The lowest BCUT2D eigenvalue weighted by Gasteiger charge is -2.70. The van der Waals surface area contributed by atoms with E-state index in [-0.39, 0.29) is 57.8 Å². The number of amides is 2. The van der Waals surface area contributed by atoms with Gasteiger partial charge in [-0.1, -0.05) is 54.0 Å². The molecule has 50 heavy (non-hydrogen) atoms. The van der Waals surface area contributed by atoms with E-state index in [1.54, 1.807) is 13.8 Å². The predicted octanol–water partition coefficient (Wildman–Crippen LogP) is 7.09. The van der Waals surface area contributed by atoms with Crippen LogP contribution >= 0.6 is 0 Å². The summed E-state index contributed by atoms with van der Waals surface area (Å²) >= 11 is 0. The molecule has 1 unspecified atom stereocenters. The monoisotopic (exact) mass is 695 g/mol. The second-order valence-electron chi connectivity index (χ2n) is 19.7. The number of esters is 1. The summed E-state index contributed by atoms with van der Waals surface area (Å²) in [5.41, 5.74) is 0.754. The molecule has 0 spiro atoms. The first-order valence-corrected chi connectivity index (χ1v) is 19.6. The van der Waals surface area contributed by atoms with Crippen molar-refractivity contribution in [1.29, 1.82) is 0 Å². The van der Waals surface area contributed by atoms with Crippen molar-refractivity contribution in [3.05, 3.63) is 11.1 Å². The molecule has 6 rings (SSSR count). The summed E-state index contributed by atoms with van der Waals surface area (Å²) in [4.78, 5) is 56.9. The number of hydrogen-bond acceptors (Lipinski definition) is 6. The number of Topliss-reactive ketones (excluding diaryl/α,β-unsaturated/α-hetero) is 1. The number of aliphatic carboxylic acids is 1. The Morgan fingerprint density at radius 3 is 2.22 bits per heavy atom. The highest BCUT2D eigenvalue weighted by Crippen LogP contribution is 2.75. The van der Waals surface area contributed by atoms with Crippen LogP contribution in [0, 0.1) is 50.7 Å². The number of nitrogens with one attached hydrogen (secondary N) is 1. The maximum absolute atomic E-state index is 14.0. The van der Waals surface area contributed by atoms with Crippen molar-refractivity contribution in [3.63, 3.8) is 0 Å². The third-order valence-corrected chi connectivity index (χ3v) is 15.9. The number of hydrogen-bond donors (Lipinski definition) is 2. The Morgan fingerprint density at radius 2 is 1.60 bits per heavy atom. The van der Waals surface area contributed by atoms with E-state index < -0.39 is 22.9 Å². The summed E-state index contributed by atoms with van der Waals surface area (Å²) in [6, 6.07) is -0.0175. The average Bonchev–Trinajstić information content (AvgIpc) is 3.30. The number of nitrogens with zero attached hydrogens (tertiary/aromatic N) is 2. The quantitative estimate of drug-likeness (QED) is 0.225. The molecule has 1 saturated heterocycles. The van der Waals surface area contributed by atoms with E-state index in [1.165, 1.54) is 11.1 Å². The normalized spacial score (nSPS) is 40.1. The van der Waals surface area contributed by atoms with Gasteiger partial charge in [0.15, 0.2) is 0 Å². The number of carboxylic acid groups (broad SMARTS) is 1. The Balaban J connectivity index is 1.30. The molecule has 1 heterocycles. The van der Waals surface area contributed by atoms with Crippen molar-refractivity contribution < 1.29 is 29.0 Å². The van der Waals surface area contributed by atoms with Crippen LogP contribution in [-0.2, 0) is 19.1 Å². The van der Waals surface area contributed by atoms with Crippen LogP contribution in [0.2, 0.25) is 0 Å². The number of carbonyl (C=O) groups is 4. The highest BCUT2D eigenvalue weighted by atomic mass is 16.5. The molecule has 2 N–H and O–H groups in total. The van der Waals surface area contributed by atoms with Crippen LogP contribution in [0.5, 0.6) is 0 Å². The lowest BCUT2D eigenvalue weighted by atomic mass is 9.34. The van der Waals surface area contributed by atoms with Gasteiger partial charge in [0.1, 0.15) is 11.9 Å². The van der Waals surface area contributed by atoms with E-state index in [2.05, 4.69) is 65.7 Å². The second kappa shape index (κ2) is 12.3. The van der Waals surface area contributed by atoms with Gasteiger partial charge in [-0.25, -0.2) is 4.79 Å². The van der Waals surface area contributed by atoms with Gasteiger partial charge in [0.25, 0.3) is 0 Å². The van der Waals surface area contributed by atoms with Crippen molar-refractivity contribution >= 4 is 23.8 Å². The molecule has 8 atom stereocenters. The van der Waals surface area contributed by atoms with Crippen LogP contribution in [0.1, 0.15) is 127 Å². The van der Waals surface area contributed by atoms with Gasteiger partial charge in [0.2, 0.25) is 0 Å². The minimum absolute atomic E-state index is 0.0175. The molecule has 0 aromatic heterocycles. The zero-order chi connectivity index (χ0) is 36.8. The van der Waals surface area contributed by atoms with Gasteiger partial charge in [0, 0.05) is 43.9 Å². The molecule has 0 aromatic rings. The summed E-state index contributed by atoms with van der Waals surface area (Å²) in [5, 5.41) is 13.1. The molecular formula is C41H65N3O6. The molecule has 5 fully saturated rings. The number of allylic oxidation sites excluding steroid dienone is 1. The first-order valence-electron chi connectivity index (χ1n) is 19.6. The second-order valence-corrected chi connectivity index (χ2v) is 19.7. The van der Waals surface area contributed by atoms with E-state index in [9.17, 15) is 24.3 Å². The van der Waals surface area contributed by atoms with Crippen LogP contribution in [0.4, 0.5) is 4.79 Å². The van der Waals surface area contributed by atoms with Crippen LogP contribution in [0.25, 0.3) is 0 Å². The molecule has 9 nitrogen and oxygen atoms in total. The number of ketones is 1. The first-order chi connectivity index (χ1) is 23.1. The lowest BCUT2D eigenvalue weighted by Crippen LogP contribution is -2.65. The van der Waals surface area contributed by atoms with Gasteiger partial charge >= 0.3 is 18.0 Å². The first kappa shape index (κ1) is 37.3. The number of carbonyl (C=O) groups excluding carboxylic acids is 3. The van der Waals surface area contributed by atoms with Gasteiger partial charge in [-0.15, -0.1) is 0 Å². The molecule has 2 amide bonds. The molecule has 1 aliphatic heterocycles. The van der Waals surface area contributed by atoms with E-state index >= 15 is 0 Å². The summed E-state index contributed by atoms with van der Waals surface area (Å²) in [5.74, 6) is -0.255. The third kappa shape index (κ3) is 5.57. The Bertz CT molecular complexity index is 1460. The SMILES string of the molecule is CC(C)C1C(=O)C[C@]2(NC(=O)N3CCN(C)CC3)CC[C@]3(C)C(=C12)CC[C@@H]1[C@@]2(C)CC[C@H](OC(=O)CC(C)(C)C(=O)O)C(C)(C)[C@@H]2CC[C@]13C. The molecule has 6 aliphatic rings. The molecule has 280 valence electrons. The number of fused-ring (bicyclic) bond motifs is 6. The Kier molecular flexibility index (Phi) is 9.21. The fourth-order valence-corrected chi connectivity index (χ4v) is 12.8. The lowest BCUT2D eigenvalue weighted by molar-refractivity contribution is -0.214. The largest absolute Gasteiger partial charge is 0.481 e. The standard InChI is InChI=1S/C41H65N3O6/c1-25(2)32-27(45)23-41(42-35(49)44-21-19-43(10)20-22-44)18-17-39(8)26(33(32)41)11-12-29-38(7)15-14-30(50-31(46)24-36(3,4)34(47)48)37(5,6)28(38)13-16-40(29,39)9/h25,28-30,32H,11-24H2,1-10H3,(H,42,49)(H,47,48)/t28-,29+,30-,32?,38-,39+,40+,41+/m0/s1. The van der Waals surface area contributed by atoms with E-state index in [4.69, 9.17) is 4.74 Å². The number of likely N-dealkylation sites (N-methyl/N-ethyl adjacent to an activating group) is 1. The molecule has 0 aromatic carbocycles. The van der Waals surface area contributed by atoms with Crippen molar-refractivity contribution in [2.75, 3.05) is 33.2 Å². The number of ether oxygens (including phenoxy) is 1. The Morgan fingerprint density at radius 1 is 0.940 bits per heavy atom. The van der Waals surface area contributed by atoms with E-state index in [0.29, 0.717) is 31.3 Å². The zero-order valence-electron chi connectivity index (χ0n) is 32.7. The molecule has 4 saturated carbocycles. The van der Waals surface area contributed by atoms with Crippen LogP contribution in [-0.4, -0.2) is 83.5 Å². The maximum atomic E-state index is 14.0. The Labute approximate surface area is 300 Å². The number of carboxylic acids is 1. The average molecular weight is 696 g/mol. The van der Waals surface area contributed by atoms with Gasteiger partial charge < -0.3 is 25.0 Å². The van der Waals surface area contributed by atoms with Crippen LogP contribution in [0.3, 0.4) is 0 Å². The van der Waals surface area contributed by atoms with Crippen molar-refractivity contribution in [2.45, 2.75) is 138 Å². The fraction of sp³-hybridized carbons (Fsp3) is 0.854. The predicted molar refractivity (Wildman–Crippen MR) is 193 cm³/mol. The summed E-state index contributed by atoms with van der Waals surface area (Å²) in [6.45, 7) is 22.7. The summed E-state index contributed by atoms with van der Waals surface area (Å²) in [6.07, 6.45) is 7.68. The molecule has 0 radical (unpaired) electrons. The van der Waals surface area contributed by atoms with E-state index in [1.807, 2.05) is 4.90 Å². The highest BCUT2D eigenvalue weighted by Gasteiger charge is 2.69. The number of piperazine rings is 1. The maximum Gasteiger partial charge on any atom is 0.318 e. The van der Waals surface area contributed by atoms with Crippen molar-refractivity contribution in [2.24, 2.45) is 50.7 Å². The number of rotatable bonds is 6. The van der Waals surface area contributed by atoms with E-state index in [0.717, 1.165) is 64.5 Å². The summed E-state index contributed by atoms with van der Waals surface area (Å²) in [7, 11) is 2.10. The van der Waals surface area contributed by atoms with Gasteiger partial charge in [-0.3, -0.25) is 14.4 Å². The Hall–Kier alpha value is -2.42. The van der Waals surface area contributed by atoms with Gasteiger partial charge in [-0.05, 0) is 112 Å². The summed E-state index contributed by atoms with van der Waals surface area (Å²) < 4.78 is 6.15. The molecular weight excluding hydrogens is 630 g/mol. The smallest absolute Gasteiger partial charge is 0.318 e. The van der Waals surface area contributed by atoms with Crippen LogP contribution < -0.4 is 5.32 Å². The van der Waals surface area contributed by atoms with Crippen molar-refractivity contribution in [1.82, 2.24) is 15.1 Å². The van der Waals surface area contributed by atoms with Crippen LogP contribution in [0.15, 0.2) is 11.1 Å².